The van der Waals surface area contributed by atoms with Crippen molar-refractivity contribution in [1.29, 1.82) is 5.26 Å². The molecule has 0 aliphatic rings. The van der Waals surface area contributed by atoms with Crippen molar-refractivity contribution in [3.05, 3.63) is 32.8 Å². The first-order chi connectivity index (χ1) is 13.8. The van der Waals surface area contributed by atoms with Crippen LogP contribution in [0, 0.1) is 11.3 Å². The zero-order valence-corrected chi connectivity index (χ0v) is 17.2. The van der Waals surface area contributed by atoms with Crippen molar-refractivity contribution >= 4 is 35.5 Å². The molecule has 0 aromatic heterocycles. The highest BCUT2D eigenvalue weighted by molar-refractivity contribution is 6.37. The molecular weight excluding hydrogens is 406 g/mol. The molecule has 0 spiro atoms. The SMILES string of the molecule is CCOC(=O)c1c(Cl)c(C#N)c(C(=O)OCC)c(C(=O)OCC)c1C(=O)OCC. The Kier molecular flexibility index (Phi) is 9.09. The van der Waals surface area contributed by atoms with E-state index in [1.165, 1.54) is 27.7 Å². The van der Waals surface area contributed by atoms with E-state index in [1.807, 2.05) is 0 Å². The Bertz CT molecular complexity index is 872. The highest BCUT2D eigenvalue weighted by Crippen LogP contribution is 2.34. The van der Waals surface area contributed by atoms with Crippen LogP contribution in [0.4, 0.5) is 0 Å². The summed E-state index contributed by atoms with van der Waals surface area (Å²) in [4.78, 5) is 50.4. The van der Waals surface area contributed by atoms with E-state index >= 15 is 0 Å². The molecule has 0 atom stereocenters. The Morgan fingerprint density at radius 2 is 1.00 bits per heavy atom. The maximum Gasteiger partial charge on any atom is 0.340 e. The van der Waals surface area contributed by atoms with Crippen LogP contribution in [-0.2, 0) is 18.9 Å². The van der Waals surface area contributed by atoms with E-state index in [0.29, 0.717) is 0 Å². The number of benzene rings is 1. The number of carbonyl (C=O) groups excluding carboxylic acids is 4. The second kappa shape index (κ2) is 11.0. The number of hydrogen-bond acceptors (Lipinski definition) is 9. The van der Waals surface area contributed by atoms with Crippen LogP contribution < -0.4 is 0 Å². The van der Waals surface area contributed by atoms with Gasteiger partial charge in [-0.25, -0.2) is 19.2 Å². The third-order valence-corrected chi connectivity index (χ3v) is 3.85. The topological polar surface area (TPSA) is 129 Å². The largest absolute Gasteiger partial charge is 0.462 e. The summed E-state index contributed by atoms with van der Waals surface area (Å²) in [6.07, 6.45) is 0. The summed E-state index contributed by atoms with van der Waals surface area (Å²) in [6, 6.07) is 1.68. The van der Waals surface area contributed by atoms with Gasteiger partial charge in [0.25, 0.3) is 0 Å². The molecule has 0 amide bonds. The summed E-state index contributed by atoms with van der Waals surface area (Å²) in [5.74, 6) is -4.40. The van der Waals surface area contributed by atoms with E-state index in [4.69, 9.17) is 30.5 Å². The van der Waals surface area contributed by atoms with Gasteiger partial charge in [0.15, 0.2) is 0 Å². The third kappa shape index (κ3) is 5.03. The molecule has 0 fully saturated rings. The number of nitrogens with zero attached hydrogens (tertiary/aromatic N) is 1. The molecule has 156 valence electrons. The summed E-state index contributed by atoms with van der Waals surface area (Å²) in [6.45, 7) is 5.65. The third-order valence-electron chi connectivity index (χ3n) is 3.47. The Labute approximate surface area is 172 Å². The van der Waals surface area contributed by atoms with Crippen LogP contribution in [0.1, 0.15) is 74.7 Å². The molecule has 0 N–H and O–H groups in total. The standard InChI is InChI=1S/C19H20ClNO8/c1-5-26-16(22)11-10(9-21)15(20)14(19(25)29-8-4)13(18(24)28-7-3)12(11)17(23)27-6-2/h5-8H2,1-4H3. The second-order valence-corrected chi connectivity index (χ2v) is 5.56. The van der Waals surface area contributed by atoms with Crippen molar-refractivity contribution < 1.29 is 38.1 Å². The number of carbonyl (C=O) groups is 4. The van der Waals surface area contributed by atoms with E-state index in [2.05, 4.69) is 0 Å². The Morgan fingerprint density at radius 1 is 0.690 bits per heavy atom. The Balaban J connectivity index is 4.17. The number of esters is 4. The normalized spacial score (nSPS) is 9.93. The van der Waals surface area contributed by atoms with Gasteiger partial charge in [-0.1, -0.05) is 11.6 Å². The summed E-state index contributed by atoms with van der Waals surface area (Å²) in [7, 11) is 0. The van der Waals surface area contributed by atoms with Gasteiger partial charge in [0.1, 0.15) is 6.07 Å². The van der Waals surface area contributed by atoms with Crippen LogP contribution in [0.15, 0.2) is 0 Å². The lowest BCUT2D eigenvalue weighted by molar-refractivity contribution is 0.0444. The number of hydrogen-bond donors (Lipinski definition) is 0. The quantitative estimate of drug-likeness (QED) is 0.455. The molecule has 0 bridgehead atoms. The average Bonchev–Trinajstić information content (AvgIpc) is 2.67. The van der Waals surface area contributed by atoms with Gasteiger partial charge in [-0.2, -0.15) is 5.26 Å². The lowest BCUT2D eigenvalue weighted by Crippen LogP contribution is -2.25. The average molecular weight is 426 g/mol. The predicted octanol–water partition coefficient (Wildman–Crippen LogP) is 2.92. The molecule has 1 aromatic rings. The molecule has 0 unspecified atom stereocenters. The number of halogens is 1. The van der Waals surface area contributed by atoms with Gasteiger partial charge in [0.05, 0.1) is 59.3 Å². The Morgan fingerprint density at radius 3 is 1.34 bits per heavy atom. The summed E-state index contributed by atoms with van der Waals surface area (Å²) >= 11 is 6.20. The highest BCUT2D eigenvalue weighted by atomic mass is 35.5. The van der Waals surface area contributed by atoms with Crippen molar-refractivity contribution in [3.63, 3.8) is 0 Å². The molecule has 0 heterocycles. The van der Waals surface area contributed by atoms with Gasteiger partial charge >= 0.3 is 23.9 Å². The molecule has 0 aliphatic carbocycles. The molecule has 0 radical (unpaired) electrons. The monoisotopic (exact) mass is 425 g/mol. The molecule has 0 saturated heterocycles. The van der Waals surface area contributed by atoms with Crippen molar-refractivity contribution in [2.45, 2.75) is 27.7 Å². The van der Waals surface area contributed by atoms with Crippen molar-refractivity contribution in [2.24, 2.45) is 0 Å². The minimum Gasteiger partial charge on any atom is -0.462 e. The van der Waals surface area contributed by atoms with Gasteiger partial charge < -0.3 is 18.9 Å². The van der Waals surface area contributed by atoms with Gasteiger partial charge in [0.2, 0.25) is 0 Å². The fourth-order valence-electron chi connectivity index (χ4n) is 2.44. The maximum atomic E-state index is 12.7. The smallest absolute Gasteiger partial charge is 0.340 e. The summed E-state index contributed by atoms with van der Waals surface area (Å²) in [5.41, 5.74) is -2.96. The first-order valence-corrected chi connectivity index (χ1v) is 9.16. The van der Waals surface area contributed by atoms with Crippen LogP contribution in [0.3, 0.4) is 0 Å². The lowest BCUT2D eigenvalue weighted by Gasteiger charge is -2.18. The van der Waals surface area contributed by atoms with Gasteiger partial charge in [-0.3, -0.25) is 0 Å². The van der Waals surface area contributed by atoms with E-state index in [-0.39, 0.29) is 26.4 Å². The summed E-state index contributed by atoms with van der Waals surface area (Å²) < 4.78 is 19.7. The molecule has 10 heteroatoms. The first kappa shape index (κ1) is 23.9. The van der Waals surface area contributed by atoms with Crippen molar-refractivity contribution in [2.75, 3.05) is 26.4 Å². The summed E-state index contributed by atoms with van der Waals surface area (Å²) in [5, 5.41) is 9.02. The van der Waals surface area contributed by atoms with E-state index in [1.54, 1.807) is 6.07 Å². The number of ether oxygens (including phenoxy) is 4. The predicted molar refractivity (Wildman–Crippen MR) is 100.0 cm³/mol. The van der Waals surface area contributed by atoms with Crippen molar-refractivity contribution in [3.8, 4) is 6.07 Å². The zero-order chi connectivity index (χ0) is 22.1. The van der Waals surface area contributed by atoms with E-state index in [9.17, 15) is 24.4 Å². The first-order valence-electron chi connectivity index (χ1n) is 8.78. The molecule has 1 aromatic carbocycles. The van der Waals surface area contributed by atoms with Gasteiger partial charge in [0, 0.05) is 0 Å². The minimum atomic E-state index is -1.13. The van der Waals surface area contributed by atoms with Crippen LogP contribution in [0.25, 0.3) is 0 Å². The molecule has 29 heavy (non-hydrogen) atoms. The molecule has 1 rings (SSSR count). The van der Waals surface area contributed by atoms with E-state index in [0.717, 1.165) is 0 Å². The molecule has 9 nitrogen and oxygen atoms in total. The Hall–Kier alpha value is -3.12. The molecular formula is C19H20ClNO8. The van der Waals surface area contributed by atoms with Crippen LogP contribution >= 0.6 is 11.6 Å². The van der Waals surface area contributed by atoms with Crippen molar-refractivity contribution in [1.82, 2.24) is 0 Å². The van der Waals surface area contributed by atoms with Gasteiger partial charge in [-0.15, -0.1) is 0 Å². The van der Waals surface area contributed by atoms with Crippen LogP contribution in [0.2, 0.25) is 5.02 Å². The zero-order valence-electron chi connectivity index (χ0n) is 16.4. The van der Waals surface area contributed by atoms with Crippen LogP contribution in [0.5, 0.6) is 0 Å². The maximum absolute atomic E-state index is 12.7. The molecule has 0 aliphatic heterocycles. The van der Waals surface area contributed by atoms with E-state index < -0.39 is 56.7 Å². The lowest BCUT2D eigenvalue weighted by atomic mass is 9.91. The number of nitriles is 1. The minimum absolute atomic E-state index is 0.0757. The number of rotatable bonds is 8. The second-order valence-electron chi connectivity index (χ2n) is 5.18. The van der Waals surface area contributed by atoms with Gasteiger partial charge in [-0.05, 0) is 27.7 Å². The molecule has 0 saturated carbocycles. The highest BCUT2D eigenvalue weighted by Gasteiger charge is 2.38. The fraction of sp³-hybridized carbons (Fsp3) is 0.421. The fourth-order valence-corrected chi connectivity index (χ4v) is 2.75. The van der Waals surface area contributed by atoms with Crippen LogP contribution in [-0.4, -0.2) is 50.3 Å².